The molecule has 41 heavy (non-hydrogen) atoms. The second kappa shape index (κ2) is 11.5. The van der Waals surface area contributed by atoms with E-state index in [0.717, 1.165) is 34.0 Å². The van der Waals surface area contributed by atoms with Crippen LogP contribution in [0.15, 0.2) is 104 Å². The van der Waals surface area contributed by atoms with Gasteiger partial charge < -0.3 is 4.74 Å². The van der Waals surface area contributed by atoms with Gasteiger partial charge in [0.05, 0.1) is 17.6 Å². The third-order valence-corrected chi connectivity index (χ3v) is 7.48. The minimum Gasteiger partial charge on any atom is -0.487 e. The molecule has 5 rings (SSSR count). The number of nitrogens with zero attached hydrogens (tertiary/aromatic N) is 4. The lowest BCUT2D eigenvalue weighted by Gasteiger charge is -2.34. The molecule has 0 aliphatic rings. The molecule has 5 aromatic rings. The molecule has 8 heteroatoms. The van der Waals surface area contributed by atoms with E-state index in [0.29, 0.717) is 23.6 Å². The lowest BCUT2D eigenvalue weighted by molar-refractivity contribution is -0.141. The summed E-state index contributed by atoms with van der Waals surface area (Å²) in [5.41, 5.74) is 4.48. The van der Waals surface area contributed by atoms with Crippen LogP contribution >= 0.6 is 0 Å². The minimum atomic E-state index is -4.53. The summed E-state index contributed by atoms with van der Waals surface area (Å²) < 4.78 is 44.5. The standard InChI is InChI=1S/C33H29F3N4O/c1-22(2)32(3,30-15-11-25(19-38-30)29-14-16-31(40-39-29)33(34,35)36)27-12-9-24(10-13-27)26-17-28(20-37-18-26)41-21-23-7-5-4-6-8-23/h4-20,22H,21H2,1-3H3. The third-order valence-electron chi connectivity index (χ3n) is 7.48. The largest absolute Gasteiger partial charge is 0.487 e. The number of pyridine rings is 2. The molecule has 0 saturated carbocycles. The summed E-state index contributed by atoms with van der Waals surface area (Å²) in [7, 11) is 0. The molecule has 0 fully saturated rings. The van der Waals surface area contributed by atoms with Gasteiger partial charge in [-0.1, -0.05) is 68.4 Å². The fourth-order valence-corrected chi connectivity index (χ4v) is 4.67. The van der Waals surface area contributed by atoms with Crippen molar-refractivity contribution < 1.29 is 17.9 Å². The number of halogens is 3. The van der Waals surface area contributed by atoms with Crippen LogP contribution in [0.1, 0.15) is 43.3 Å². The quantitative estimate of drug-likeness (QED) is 0.194. The van der Waals surface area contributed by atoms with Crippen molar-refractivity contribution in [3.63, 3.8) is 0 Å². The Balaban J connectivity index is 1.35. The van der Waals surface area contributed by atoms with Crippen molar-refractivity contribution in [3.05, 3.63) is 126 Å². The van der Waals surface area contributed by atoms with Gasteiger partial charge in [0.1, 0.15) is 12.4 Å². The molecule has 3 heterocycles. The Morgan fingerprint density at radius 2 is 1.44 bits per heavy atom. The van der Waals surface area contributed by atoms with E-state index in [9.17, 15) is 13.2 Å². The van der Waals surface area contributed by atoms with E-state index in [1.165, 1.54) is 6.07 Å². The summed E-state index contributed by atoms with van der Waals surface area (Å²) in [4.78, 5) is 9.09. The molecule has 0 N–H and O–H groups in total. The maximum Gasteiger partial charge on any atom is 0.435 e. The Morgan fingerprint density at radius 1 is 0.732 bits per heavy atom. The van der Waals surface area contributed by atoms with Gasteiger partial charge in [0.15, 0.2) is 5.69 Å². The number of aromatic nitrogens is 4. The fraction of sp³-hybridized carbons (Fsp3) is 0.212. The van der Waals surface area contributed by atoms with E-state index in [2.05, 4.69) is 60.2 Å². The van der Waals surface area contributed by atoms with Crippen molar-refractivity contribution in [2.24, 2.45) is 5.92 Å². The molecule has 0 aliphatic carbocycles. The van der Waals surface area contributed by atoms with Crippen LogP contribution < -0.4 is 4.74 Å². The Labute approximate surface area is 237 Å². The van der Waals surface area contributed by atoms with Crippen LogP contribution in [-0.2, 0) is 18.2 Å². The van der Waals surface area contributed by atoms with Gasteiger partial charge in [-0.25, -0.2) is 0 Å². The molecule has 3 aromatic heterocycles. The molecule has 0 bridgehead atoms. The summed E-state index contributed by atoms with van der Waals surface area (Å²) in [6, 6.07) is 26.3. The Morgan fingerprint density at radius 3 is 2.05 bits per heavy atom. The molecular formula is C33H29F3N4O. The molecular weight excluding hydrogens is 525 g/mol. The molecule has 0 saturated heterocycles. The van der Waals surface area contributed by atoms with Gasteiger partial charge in [0.25, 0.3) is 0 Å². The number of hydrogen-bond donors (Lipinski definition) is 0. The van der Waals surface area contributed by atoms with Crippen molar-refractivity contribution in [1.29, 1.82) is 0 Å². The summed E-state index contributed by atoms with van der Waals surface area (Å²) in [6.07, 6.45) is 0.630. The molecule has 0 amide bonds. The van der Waals surface area contributed by atoms with Crippen LogP contribution in [0.25, 0.3) is 22.4 Å². The smallest absolute Gasteiger partial charge is 0.435 e. The maximum absolute atomic E-state index is 12.8. The lowest BCUT2D eigenvalue weighted by atomic mass is 9.70. The summed E-state index contributed by atoms with van der Waals surface area (Å²) in [5.74, 6) is 0.901. The first-order valence-electron chi connectivity index (χ1n) is 13.2. The van der Waals surface area contributed by atoms with Crippen molar-refractivity contribution in [2.45, 2.75) is 39.0 Å². The third kappa shape index (κ3) is 6.11. The van der Waals surface area contributed by atoms with Gasteiger partial charge in [-0.3, -0.25) is 9.97 Å². The van der Waals surface area contributed by atoms with Gasteiger partial charge in [0.2, 0.25) is 0 Å². The first-order valence-corrected chi connectivity index (χ1v) is 13.2. The summed E-state index contributed by atoms with van der Waals surface area (Å²) in [5, 5.41) is 7.07. The Kier molecular flexibility index (Phi) is 7.83. The van der Waals surface area contributed by atoms with Crippen LogP contribution in [0.2, 0.25) is 0 Å². The number of alkyl halides is 3. The monoisotopic (exact) mass is 554 g/mol. The van der Waals surface area contributed by atoms with Crippen LogP contribution in [0.5, 0.6) is 5.75 Å². The molecule has 1 unspecified atom stereocenters. The number of benzene rings is 2. The van der Waals surface area contributed by atoms with Gasteiger partial charge in [-0.05, 0) is 59.9 Å². The zero-order valence-electron chi connectivity index (χ0n) is 22.9. The Hall–Kier alpha value is -4.59. The van der Waals surface area contributed by atoms with E-state index < -0.39 is 17.3 Å². The normalized spacial score (nSPS) is 13.1. The average molecular weight is 555 g/mol. The van der Waals surface area contributed by atoms with Gasteiger partial charge in [0, 0.05) is 28.9 Å². The second-order valence-corrected chi connectivity index (χ2v) is 10.4. The van der Waals surface area contributed by atoms with Gasteiger partial charge in [-0.15, -0.1) is 10.2 Å². The zero-order valence-corrected chi connectivity index (χ0v) is 22.9. The molecule has 0 radical (unpaired) electrons. The van der Waals surface area contributed by atoms with Crippen LogP contribution in [0.3, 0.4) is 0 Å². The molecule has 208 valence electrons. The number of hydrogen-bond acceptors (Lipinski definition) is 5. The first kappa shape index (κ1) is 28.0. The van der Waals surface area contributed by atoms with E-state index in [1.54, 1.807) is 12.4 Å². The van der Waals surface area contributed by atoms with Crippen molar-refractivity contribution in [2.75, 3.05) is 0 Å². The minimum absolute atomic E-state index is 0.203. The van der Waals surface area contributed by atoms with Gasteiger partial charge >= 0.3 is 6.18 Å². The first-order chi connectivity index (χ1) is 19.6. The van der Waals surface area contributed by atoms with Crippen molar-refractivity contribution in [3.8, 4) is 28.1 Å². The zero-order chi connectivity index (χ0) is 29.0. The summed E-state index contributed by atoms with van der Waals surface area (Å²) in [6.45, 7) is 6.89. The lowest BCUT2D eigenvalue weighted by Crippen LogP contribution is -2.31. The van der Waals surface area contributed by atoms with Crippen molar-refractivity contribution >= 4 is 0 Å². The molecule has 0 aliphatic heterocycles. The van der Waals surface area contributed by atoms with Crippen molar-refractivity contribution in [1.82, 2.24) is 20.2 Å². The maximum atomic E-state index is 12.8. The molecule has 0 spiro atoms. The number of ether oxygens (including phenoxy) is 1. The van der Waals surface area contributed by atoms with Crippen LogP contribution in [0.4, 0.5) is 13.2 Å². The highest BCUT2D eigenvalue weighted by Gasteiger charge is 2.35. The highest BCUT2D eigenvalue weighted by Crippen LogP contribution is 2.39. The predicted molar refractivity (Wildman–Crippen MR) is 152 cm³/mol. The molecule has 2 aromatic carbocycles. The van der Waals surface area contributed by atoms with Gasteiger partial charge in [-0.2, -0.15) is 13.2 Å². The highest BCUT2D eigenvalue weighted by molar-refractivity contribution is 5.65. The average Bonchev–Trinajstić information content (AvgIpc) is 3.00. The molecule has 1 atom stereocenters. The van der Waals surface area contributed by atoms with E-state index in [4.69, 9.17) is 9.72 Å². The summed E-state index contributed by atoms with van der Waals surface area (Å²) >= 11 is 0. The molecule has 5 nitrogen and oxygen atoms in total. The number of rotatable bonds is 8. The van der Waals surface area contributed by atoms with E-state index in [-0.39, 0.29) is 5.92 Å². The highest BCUT2D eigenvalue weighted by atomic mass is 19.4. The fourth-order valence-electron chi connectivity index (χ4n) is 4.67. The topological polar surface area (TPSA) is 60.8 Å². The van der Waals surface area contributed by atoms with Crippen LogP contribution in [0, 0.1) is 5.92 Å². The Bertz CT molecular complexity index is 1590. The predicted octanol–water partition coefficient (Wildman–Crippen LogP) is 8.16. The SMILES string of the molecule is CC(C)C(C)(c1ccc(-c2cncc(OCc3ccccc3)c2)cc1)c1ccc(-c2ccc(C(F)(F)F)nn2)cn1. The van der Waals surface area contributed by atoms with Crippen LogP contribution in [-0.4, -0.2) is 20.2 Å². The van der Waals surface area contributed by atoms with E-state index >= 15 is 0 Å². The second-order valence-electron chi connectivity index (χ2n) is 10.4. The van der Waals surface area contributed by atoms with E-state index in [1.807, 2.05) is 54.7 Å².